The zero-order valence-electron chi connectivity index (χ0n) is 23.1. The fraction of sp³-hybridized carbons (Fsp3) is 0. The summed E-state index contributed by atoms with van der Waals surface area (Å²) in [4.78, 5) is 18.3. The van der Waals surface area contributed by atoms with Gasteiger partial charge in [-0.25, -0.2) is 15.0 Å². The van der Waals surface area contributed by atoms with Gasteiger partial charge in [0.1, 0.15) is 17.5 Å². The minimum atomic E-state index is 0.552. The van der Waals surface area contributed by atoms with Crippen LogP contribution >= 0.6 is 11.3 Å². The molecule has 0 N–H and O–H groups in total. The summed E-state index contributed by atoms with van der Waals surface area (Å²) in [5.74, 6) is 1.15. The highest BCUT2D eigenvalue weighted by Crippen LogP contribution is 2.39. The second-order valence-electron chi connectivity index (χ2n) is 10.4. The van der Waals surface area contributed by atoms with E-state index >= 15 is 0 Å². The number of pyridine rings is 1. The molecule has 0 amide bonds. The van der Waals surface area contributed by atoms with Crippen molar-refractivity contribution in [2.45, 2.75) is 0 Å². The average molecular weight is 588 g/mol. The predicted octanol–water partition coefficient (Wildman–Crippen LogP) is 9.43. The predicted molar refractivity (Wildman–Crippen MR) is 174 cm³/mol. The van der Waals surface area contributed by atoms with Gasteiger partial charge in [-0.15, -0.1) is 11.3 Å². The van der Waals surface area contributed by atoms with Crippen LogP contribution in [0.3, 0.4) is 0 Å². The van der Waals surface area contributed by atoms with Gasteiger partial charge >= 0.3 is 0 Å². The fourth-order valence-electron chi connectivity index (χ4n) is 5.79. The van der Waals surface area contributed by atoms with Gasteiger partial charge in [0.25, 0.3) is 0 Å². The van der Waals surface area contributed by atoms with Gasteiger partial charge in [0.15, 0.2) is 0 Å². The van der Waals surface area contributed by atoms with Crippen molar-refractivity contribution in [1.82, 2.24) is 24.5 Å². The summed E-state index contributed by atoms with van der Waals surface area (Å²) in [5, 5.41) is 3.25. The van der Waals surface area contributed by atoms with Crippen LogP contribution in [0.25, 0.3) is 82.4 Å². The van der Waals surface area contributed by atoms with Gasteiger partial charge in [0.2, 0.25) is 11.8 Å². The van der Waals surface area contributed by atoms with E-state index < -0.39 is 0 Å². The van der Waals surface area contributed by atoms with Crippen LogP contribution in [0.1, 0.15) is 0 Å². The molecule has 0 aliphatic rings. The molecule has 0 unspecified atom stereocenters. The second kappa shape index (κ2) is 9.86. The Bertz CT molecular complexity index is 2410. The third-order valence-corrected chi connectivity index (χ3v) is 8.91. The van der Waals surface area contributed by atoms with E-state index in [1.165, 1.54) is 4.70 Å². The molecule has 0 atom stereocenters. The summed E-state index contributed by atoms with van der Waals surface area (Å²) in [5.41, 5.74) is 8.94. The highest BCUT2D eigenvalue weighted by atomic mass is 32.1. The van der Waals surface area contributed by atoms with Gasteiger partial charge < -0.3 is 13.4 Å². The molecule has 0 radical (unpaired) electrons. The quantitative estimate of drug-likeness (QED) is 0.199. The van der Waals surface area contributed by atoms with Crippen LogP contribution < -0.4 is 0 Å². The Morgan fingerprint density at radius 2 is 1.41 bits per heavy atom. The van der Waals surface area contributed by atoms with Crippen molar-refractivity contribution in [2.75, 3.05) is 0 Å². The molecule has 0 aliphatic carbocycles. The third-order valence-electron chi connectivity index (χ3n) is 7.83. The molecule has 208 valence electrons. The number of aromatic nitrogens is 5. The van der Waals surface area contributed by atoms with E-state index in [4.69, 9.17) is 18.8 Å². The highest BCUT2D eigenvalue weighted by Gasteiger charge is 2.17. The summed E-state index contributed by atoms with van der Waals surface area (Å²) < 4.78 is 14.6. The zero-order chi connectivity index (χ0) is 29.0. The van der Waals surface area contributed by atoms with Crippen molar-refractivity contribution in [2.24, 2.45) is 0 Å². The molecule has 7 nitrogen and oxygen atoms in total. The number of thiazole rings is 1. The van der Waals surface area contributed by atoms with Crippen molar-refractivity contribution in [3.8, 4) is 50.4 Å². The number of fused-ring (bicyclic) bond motifs is 4. The Kier molecular flexibility index (Phi) is 5.54. The Balaban J connectivity index is 1.23. The lowest BCUT2D eigenvalue weighted by Gasteiger charge is -2.11. The average Bonchev–Trinajstić information content (AvgIpc) is 3.90. The van der Waals surface area contributed by atoms with E-state index in [9.17, 15) is 0 Å². The SMILES string of the molecule is c1cc(-c2ccc(-c3ncco3)cn2)cc(-n2c3ccc(-c4ncco4)cc3c3ccc(-c4nc5ccccc5s4)cc32)c1. The van der Waals surface area contributed by atoms with E-state index in [1.54, 1.807) is 42.5 Å². The standard InChI is InChI=1S/C36H21N5O2S/c1-2-7-33-30(6-1)40-36(44-33)24-8-11-27-28-19-23(34-37-14-16-42-34)10-13-31(28)41(32(27)20-24)26-5-3-4-22(18-26)29-12-9-25(21-39-29)35-38-15-17-43-35/h1-21H. The van der Waals surface area contributed by atoms with Crippen LogP contribution in [0.5, 0.6) is 0 Å². The van der Waals surface area contributed by atoms with Crippen molar-refractivity contribution in [3.05, 3.63) is 128 Å². The molecule has 0 saturated heterocycles. The van der Waals surface area contributed by atoms with Crippen molar-refractivity contribution >= 4 is 43.4 Å². The highest BCUT2D eigenvalue weighted by molar-refractivity contribution is 7.21. The second-order valence-corrected chi connectivity index (χ2v) is 11.5. The number of nitrogens with zero attached hydrogens (tertiary/aromatic N) is 5. The minimum absolute atomic E-state index is 0.552. The Labute approximate surface area is 254 Å². The third kappa shape index (κ3) is 4.04. The van der Waals surface area contributed by atoms with Gasteiger partial charge in [-0.05, 0) is 60.7 Å². The first kappa shape index (κ1) is 24.7. The Morgan fingerprint density at radius 1 is 0.591 bits per heavy atom. The molecule has 8 heteroatoms. The van der Waals surface area contributed by atoms with Crippen molar-refractivity contribution < 1.29 is 8.83 Å². The zero-order valence-corrected chi connectivity index (χ0v) is 23.9. The fourth-order valence-corrected chi connectivity index (χ4v) is 6.75. The lowest BCUT2D eigenvalue weighted by Crippen LogP contribution is -1.95. The van der Waals surface area contributed by atoms with E-state index in [1.807, 2.05) is 18.2 Å². The first-order valence-corrected chi connectivity index (χ1v) is 14.9. The molecule has 4 aromatic carbocycles. The van der Waals surface area contributed by atoms with Crippen molar-refractivity contribution in [3.63, 3.8) is 0 Å². The molecule has 0 saturated carbocycles. The largest absolute Gasteiger partial charge is 0.445 e. The molecular weight excluding hydrogens is 566 g/mol. The maximum atomic E-state index is 5.63. The molecule has 9 rings (SSSR count). The lowest BCUT2D eigenvalue weighted by atomic mass is 10.1. The van der Waals surface area contributed by atoms with E-state index in [0.717, 1.165) is 66.0 Å². The Hall–Kier alpha value is -5.86. The maximum Gasteiger partial charge on any atom is 0.227 e. The molecule has 0 spiro atoms. The number of benzene rings is 4. The number of rotatable bonds is 5. The molecule has 44 heavy (non-hydrogen) atoms. The monoisotopic (exact) mass is 587 g/mol. The van der Waals surface area contributed by atoms with Gasteiger partial charge in [-0.1, -0.05) is 36.4 Å². The maximum absolute atomic E-state index is 5.63. The number of para-hydroxylation sites is 1. The lowest BCUT2D eigenvalue weighted by molar-refractivity contribution is 0.574. The summed E-state index contributed by atoms with van der Waals surface area (Å²) >= 11 is 1.71. The minimum Gasteiger partial charge on any atom is -0.445 e. The summed E-state index contributed by atoms with van der Waals surface area (Å²) in [7, 11) is 0. The molecular formula is C36H21N5O2S. The number of hydrogen-bond acceptors (Lipinski definition) is 7. The number of oxazole rings is 2. The molecule has 5 heterocycles. The molecule has 5 aromatic heterocycles. The Morgan fingerprint density at radius 3 is 2.20 bits per heavy atom. The van der Waals surface area contributed by atoms with Crippen LogP contribution in [-0.2, 0) is 0 Å². The van der Waals surface area contributed by atoms with Crippen LogP contribution in [0, 0.1) is 0 Å². The van der Waals surface area contributed by atoms with Gasteiger partial charge in [0.05, 0.1) is 44.9 Å². The number of hydrogen-bond donors (Lipinski definition) is 0. The van der Waals surface area contributed by atoms with Crippen molar-refractivity contribution in [1.29, 1.82) is 0 Å². The van der Waals surface area contributed by atoms with Crippen LogP contribution in [0.4, 0.5) is 0 Å². The molecule has 0 aliphatic heterocycles. The summed E-state index contributed by atoms with van der Waals surface area (Å²) in [6.45, 7) is 0. The summed E-state index contributed by atoms with van der Waals surface area (Å²) in [6, 6.07) is 33.7. The first-order valence-electron chi connectivity index (χ1n) is 14.1. The van der Waals surface area contributed by atoms with E-state index in [2.05, 4.69) is 93.4 Å². The molecule has 0 fully saturated rings. The molecule has 9 aromatic rings. The van der Waals surface area contributed by atoms with E-state index in [-0.39, 0.29) is 0 Å². The summed E-state index contributed by atoms with van der Waals surface area (Å²) in [6.07, 6.45) is 8.26. The van der Waals surface area contributed by atoms with Crippen LogP contribution in [-0.4, -0.2) is 24.5 Å². The van der Waals surface area contributed by atoms with Crippen LogP contribution in [0.15, 0.2) is 137 Å². The topological polar surface area (TPSA) is 82.8 Å². The van der Waals surface area contributed by atoms with Gasteiger partial charge in [0, 0.05) is 39.3 Å². The first-order chi connectivity index (χ1) is 21.8. The smallest absolute Gasteiger partial charge is 0.227 e. The molecule has 0 bridgehead atoms. The van der Waals surface area contributed by atoms with Gasteiger partial charge in [-0.2, -0.15) is 0 Å². The van der Waals surface area contributed by atoms with Gasteiger partial charge in [-0.3, -0.25) is 4.98 Å². The normalized spacial score (nSPS) is 11.6. The van der Waals surface area contributed by atoms with Crippen LogP contribution in [0.2, 0.25) is 0 Å². The van der Waals surface area contributed by atoms with E-state index in [0.29, 0.717) is 11.8 Å².